The van der Waals surface area contributed by atoms with Crippen molar-refractivity contribution in [1.29, 1.82) is 0 Å². The van der Waals surface area contributed by atoms with Crippen LogP contribution in [0.3, 0.4) is 0 Å². The van der Waals surface area contributed by atoms with Gasteiger partial charge in [0, 0.05) is 23.2 Å². The molecule has 0 bridgehead atoms. The lowest BCUT2D eigenvalue weighted by atomic mass is 10.1. The highest BCUT2D eigenvalue weighted by Gasteiger charge is 2.22. The van der Waals surface area contributed by atoms with Crippen molar-refractivity contribution in [2.75, 3.05) is 5.32 Å². The van der Waals surface area contributed by atoms with Crippen LogP contribution in [0, 0.1) is 6.92 Å². The summed E-state index contributed by atoms with van der Waals surface area (Å²) in [7, 11) is 0. The normalized spacial score (nSPS) is 11.7. The third-order valence-electron chi connectivity index (χ3n) is 4.34. The third kappa shape index (κ3) is 3.84. The predicted molar refractivity (Wildman–Crippen MR) is 104 cm³/mol. The number of para-hydroxylation sites is 2. The highest BCUT2D eigenvalue weighted by molar-refractivity contribution is 5.91. The molecule has 27 heavy (non-hydrogen) atoms. The predicted octanol–water partition coefficient (Wildman–Crippen LogP) is 2.05. The van der Waals surface area contributed by atoms with Crippen molar-refractivity contribution in [2.45, 2.75) is 46.1 Å². The topological polar surface area (TPSA) is 113 Å². The molecule has 0 aliphatic carbocycles. The average Bonchev–Trinajstić information content (AvgIpc) is 2.91. The Morgan fingerprint density at radius 1 is 1.19 bits per heavy atom. The highest BCUT2D eigenvalue weighted by Crippen LogP contribution is 2.27. The van der Waals surface area contributed by atoms with Crippen molar-refractivity contribution in [3.05, 3.63) is 56.4 Å². The molecule has 3 N–H and O–H groups in total. The zero-order chi connectivity index (χ0) is 19.8. The van der Waals surface area contributed by atoms with Crippen molar-refractivity contribution in [3.8, 4) is 0 Å². The molecule has 8 nitrogen and oxygen atoms in total. The van der Waals surface area contributed by atoms with Crippen LogP contribution in [-0.2, 0) is 16.8 Å². The van der Waals surface area contributed by atoms with Crippen LogP contribution >= 0.6 is 0 Å². The number of fused-ring (bicyclic) bond motifs is 1. The second-order valence-corrected chi connectivity index (χ2v) is 7.49. The number of imidazole rings is 1. The van der Waals surface area contributed by atoms with E-state index in [0.29, 0.717) is 17.2 Å². The summed E-state index contributed by atoms with van der Waals surface area (Å²) in [6, 6.07) is 7.70. The number of aryl methyl sites for hydroxylation is 1. The molecule has 2 aromatic heterocycles. The number of H-pyrrole nitrogens is 2. The van der Waals surface area contributed by atoms with Crippen LogP contribution in [0.1, 0.15) is 38.4 Å². The maximum atomic E-state index is 12.5. The summed E-state index contributed by atoms with van der Waals surface area (Å²) >= 11 is 0. The van der Waals surface area contributed by atoms with Gasteiger partial charge in [-0.25, -0.2) is 9.78 Å². The Kier molecular flexibility index (Phi) is 4.73. The van der Waals surface area contributed by atoms with Gasteiger partial charge in [-0.1, -0.05) is 12.1 Å². The van der Waals surface area contributed by atoms with Gasteiger partial charge in [-0.2, -0.15) is 0 Å². The second kappa shape index (κ2) is 6.86. The Morgan fingerprint density at radius 2 is 1.89 bits per heavy atom. The number of nitrogens with one attached hydrogen (secondary N) is 3. The number of aromatic amines is 2. The number of hydrogen-bond donors (Lipinski definition) is 3. The first-order chi connectivity index (χ1) is 12.7. The zero-order valence-electron chi connectivity index (χ0n) is 15.8. The first-order valence-electron chi connectivity index (χ1n) is 8.76. The lowest BCUT2D eigenvalue weighted by Gasteiger charge is -2.24. The largest absolute Gasteiger partial charge is 0.325 e. The van der Waals surface area contributed by atoms with Crippen LogP contribution in [0.15, 0.2) is 33.9 Å². The van der Waals surface area contributed by atoms with Crippen molar-refractivity contribution < 1.29 is 4.79 Å². The fraction of sp³-hybridized carbons (Fsp3) is 0.368. The number of rotatable bonds is 4. The quantitative estimate of drug-likeness (QED) is 0.653. The first-order valence-corrected chi connectivity index (χ1v) is 8.76. The van der Waals surface area contributed by atoms with Crippen LogP contribution < -0.4 is 16.6 Å². The maximum Gasteiger partial charge on any atom is 0.325 e. The summed E-state index contributed by atoms with van der Waals surface area (Å²) < 4.78 is 1.98. The molecule has 142 valence electrons. The summed E-state index contributed by atoms with van der Waals surface area (Å²) in [6.07, 6.45) is 0.322. The summed E-state index contributed by atoms with van der Waals surface area (Å²) in [6.45, 7) is 7.77. The lowest BCUT2D eigenvalue weighted by molar-refractivity contribution is -0.116. The molecular weight excluding hydrogens is 346 g/mol. The van der Waals surface area contributed by atoms with Gasteiger partial charge >= 0.3 is 5.69 Å². The van der Waals surface area contributed by atoms with Crippen molar-refractivity contribution in [2.24, 2.45) is 0 Å². The molecule has 0 aliphatic heterocycles. The van der Waals surface area contributed by atoms with Gasteiger partial charge in [0.15, 0.2) is 0 Å². The molecule has 0 saturated carbocycles. The molecule has 0 fully saturated rings. The van der Waals surface area contributed by atoms with E-state index < -0.39 is 11.2 Å². The Bertz CT molecular complexity index is 1110. The number of carbonyl (C=O) groups excluding carboxylic acids is 1. The Hall–Kier alpha value is -3.16. The monoisotopic (exact) mass is 369 g/mol. The van der Waals surface area contributed by atoms with Crippen molar-refractivity contribution in [3.63, 3.8) is 0 Å². The number of aromatic nitrogens is 4. The molecule has 1 aromatic carbocycles. The number of amides is 1. The molecule has 3 rings (SSSR count). The van der Waals surface area contributed by atoms with Gasteiger partial charge in [0.2, 0.25) is 11.9 Å². The first kappa shape index (κ1) is 18.6. The molecule has 1 amide bonds. The standard InChI is InChI=1S/C19H23N5O3/c1-11-12(16(26)23-18(27)20-11)9-10-15(25)22-17-21-13-7-5-6-8-14(13)24(17)19(2,3)4/h5-8H,9-10H2,1-4H3,(H,21,22,25)(H2,20,23,26,27). The molecular formula is C19H23N5O3. The molecule has 0 spiro atoms. The minimum absolute atomic E-state index is 0.101. The van der Waals surface area contributed by atoms with Gasteiger partial charge in [0.1, 0.15) is 0 Å². The molecule has 0 aliphatic rings. The Labute approximate surface area is 155 Å². The second-order valence-electron chi connectivity index (χ2n) is 7.49. The number of anilines is 1. The fourth-order valence-electron chi connectivity index (χ4n) is 3.14. The van der Waals surface area contributed by atoms with E-state index in [1.165, 1.54) is 0 Å². The highest BCUT2D eigenvalue weighted by atomic mass is 16.2. The molecule has 2 heterocycles. The van der Waals surface area contributed by atoms with Crippen LogP contribution in [-0.4, -0.2) is 25.4 Å². The third-order valence-corrected chi connectivity index (χ3v) is 4.34. The fourth-order valence-corrected chi connectivity index (χ4v) is 3.14. The minimum Gasteiger partial charge on any atom is -0.311 e. The van der Waals surface area contributed by atoms with Crippen molar-refractivity contribution in [1.82, 2.24) is 19.5 Å². The van der Waals surface area contributed by atoms with E-state index in [1.54, 1.807) is 6.92 Å². The van der Waals surface area contributed by atoms with E-state index in [1.807, 2.05) is 49.6 Å². The van der Waals surface area contributed by atoms with Crippen LogP contribution in [0.25, 0.3) is 11.0 Å². The number of carbonyl (C=O) groups is 1. The van der Waals surface area contributed by atoms with E-state index in [0.717, 1.165) is 11.0 Å². The summed E-state index contributed by atoms with van der Waals surface area (Å²) in [5, 5.41) is 2.86. The summed E-state index contributed by atoms with van der Waals surface area (Å²) in [5.41, 5.74) is 1.32. The minimum atomic E-state index is -0.551. The number of benzene rings is 1. The van der Waals surface area contributed by atoms with Gasteiger partial charge < -0.3 is 9.55 Å². The van der Waals surface area contributed by atoms with E-state index >= 15 is 0 Å². The Balaban J connectivity index is 1.83. The van der Waals surface area contributed by atoms with Gasteiger partial charge in [-0.15, -0.1) is 0 Å². The maximum absolute atomic E-state index is 12.5. The molecule has 3 aromatic rings. The smallest absolute Gasteiger partial charge is 0.311 e. The lowest BCUT2D eigenvalue weighted by Crippen LogP contribution is -2.28. The molecule has 8 heteroatoms. The zero-order valence-corrected chi connectivity index (χ0v) is 15.8. The van der Waals surface area contributed by atoms with E-state index in [9.17, 15) is 14.4 Å². The van der Waals surface area contributed by atoms with Crippen molar-refractivity contribution >= 4 is 22.9 Å². The molecule has 0 atom stereocenters. The van der Waals surface area contributed by atoms with Crippen LogP contribution in [0.2, 0.25) is 0 Å². The van der Waals surface area contributed by atoms with Crippen LogP contribution in [0.4, 0.5) is 5.95 Å². The number of hydrogen-bond acceptors (Lipinski definition) is 4. The van der Waals surface area contributed by atoms with Gasteiger partial charge in [0.25, 0.3) is 5.56 Å². The molecule has 0 unspecified atom stereocenters. The number of nitrogens with zero attached hydrogens (tertiary/aromatic N) is 2. The summed E-state index contributed by atoms with van der Waals surface area (Å²) in [5.74, 6) is 0.224. The van der Waals surface area contributed by atoms with Gasteiger partial charge in [-0.05, 0) is 46.2 Å². The van der Waals surface area contributed by atoms with E-state index in [-0.39, 0.29) is 24.3 Å². The Morgan fingerprint density at radius 3 is 2.56 bits per heavy atom. The van der Waals surface area contributed by atoms with E-state index in [4.69, 9.17) is 0 Å². The molecule has 0 saturated heterocycles. The SMILES string of the molecule is Cc1[nH]c(=O)[nH]c(=O)c1CCC(=O)Nc1nc2ccccc2n1C(C)(C)C. The average molecular weight is 369 g/mol. The summed E-state index contributed by atoms with van der Waals surface area (Å²) in [4.78, 5) is 44.9. The van der Waals surface area contributed by atoms with E-state index in [2.05, 4.69) is 20.3 Å². The molecule has 0 radical (unpaired) electrons. The van der Waals surface area contributed by atoms with Crippen LogP contribution in [0.5, 0.6) is 0 Å². The van der Waals surface area contributed by atoms with Gasteiger partial charge in [-0.3, -0.25) is 19.9 Å². The van der Waals surface area contributed by atoms with Gasteiger partial charge in [0.05, 0.1) is 11.0 Å².